The molecule has 1 amide bonds. The summed E-state index contributed by atoms with van der Waals surface area (Å²) in [5, 5.41) is 20.3. The summed E-state index contributed by atoms with van der Waals surface area (Å²) >= 11 is 1.61. The summed E-state index contributed by atoms with van der Waals surface area (Å²) in [6.45, 7) is 0.639. The Labute approximate surface area is 160 Å². The fourth-order valence-electron chi connectivity index (χ4n) is 2.93. The number of carbonyl (C=O) groups excluding carboxylic acids is 1. The van der Waals surface area contributed by atoms with Crippen LogP contribution in [0.4, 0.5) is 0 Å². The van der Waals surface area contributed by atoms with E-state index in [0.29, 0.717) is 12.2 Å². The lowest BCUT2D eigenvalue weighted by molar-refractivity contribution is 0.0948. The first-order valence-electron chi connectivity index (χ1n) is 8.97. The van der Waals surface area contributed by atoms with E-state index in [9.17, 15) is 4.79 Å². The van der Waals surface area contributed by atoms with Crippen LogP contribution in [0.5, 0.6) is 0 Å². The second-order valence-electron chi connectivity index (χ2n) is 6.26. The number of aryl methyl sites for hydroxylation is 1. The number of nitrogens with zero attached hydrogens (tertiary/aromatic N) is 4. The molecule has 0 fully saturated rings. The van der Waals surface area contributed by atoms with E-state index in [2.05, 4.69) is 25.7 Å². The number of aromatic amines is 1. The van der Waals surface area contributed by atoms with Gasteiger partial charge in [-0.05, 0) is 42.5 Å². The third-order valence-corrected chi connectivity index (χ3v) is 5.25. The molecule has 4 aromatic heterocycles. The molecule has 0 aliphatic carbocycles. The molecule has 4 aromatic rings. The number of aromatic nitrogens is 5. The lowest BCUT2D eigenvalue weighted by atomic mass is 10.2. The van der Waals surface area contributed by atoms with Crippen LogP contribution in [0.3, 0.4) is 0 Å². The van der Waals surface area contributed by atoms with Crippen molar-refractivity contribution in [3.8, 4) is 10.6 Å². The van der Waals surface area contributed by atoms with E-state index < -0.39 is 0 Å². The monoisotopic (exact) mass is 380 g/mol. The molecular formula is C19H20N6OS. The molecule has 0 atom stereocenters. The molecule has 0 spiro atoms. The minimum Gasteiger partial charge on any atom is -0.351 e. The first-order chi connectivity index (χ1) is 13.3. The zero-order chi connectivity index (χ0) is 18.5. The number of H-pyrrole nitrogens is 1. The van der Waals surface area contributed by atoms with Crippen molar-refractivity contribution in [3.63, 3.8) is 0 Å². The van der Waals surface area contributed by atoms with Gasteiger partial charge < -0.3 is 5.32 Å². The zero-order valence-corrected chi connectivity index (χ0v) is 15.6. The van der Waals surface area contributed by atoms with Gasteiger partial charge in [0.25, 0.3) is 5.91 Å². The topological polar surface area (TPSA) is 88.0 Å². The van der Waals surface area contributed by atoms with Gasteiger partial charge >= 0.3 is 0 Å². The van der Waals surface area contributed by atoms with Crippen LogP contribution < -0.4 is 5.32 Å². The van der Waals surface area contributed by atoms with Gasteiger partial charge in [-0.15, -0.1) is 21.5 Å². The van der Waals surface area contributed by atoms with Crippen molar-refractivity contribution in [2.75, 3.05) is 6.54 Å². The maximum atomic E-state index is 12.2. The van der Waals surface area contributed by atoms with Crippen LogP contribution in [-0.4, -0.2) is 37.2 Å². The Morgan fingerprint density at radius 3 is 3.00 bits per heavy atom. The highest BCUT2D eigenvalue weighted by atomic mass is 32.1. The number of pyridine rings is 1. The summed E-state index contributed by atoms with van der Waals surface area (Å²) < 4.78 is 2.02. The van der Waals surface area contributed by atoms with Crippen LogP contribution >= 0.6 is 11.3 Å². The summed E-state index contributed by atoms with van der Waals surface area (Å²) in [7, 11) is 0. The molecule has 0 radical (unpaired) electrons. The Hall–Kier alpha value is -3.00. The SMILES string of the molecule is O=C(NCCCCCc1nnc2ccccn12)c1cc(-c2cccs2)[nH]n1. The Kier molecular flexibility index (Phi) is 5.24. The van der Waals surface area contributed by atoms with Crippen molar-refractivity contribution in [1.29, 1.82) is 0 Å². The first kappa shape index (κ1) is 17.4. The van der Waals surface area contributed by atoms with Crippen molar-refractivity contribution in [2.24, 2.45) is 0 Å². The highest BCUT2D eigenvalue weighted by molar-refractivity contribution is 7.13. The van der Waals surface area contributed by atoms with Crippen molar-refractivity contribution in [1.82, 2.24) is 30.1 Å². The van der Waals surface area contributed by atoms with Gasteiger partial charge in [0.15, 0.2) is 11.3 Å². The lowest BCUT2D eigenvalue weighted by Crippen LogP contribution is -2.24. The van der Waals surface area contributed by atoms with Crippen LogP contribution in [0, 0.1) is 0 Å². The molecule has 7 nitrogen and oxygen atoms in total. The Morgan fingerprint density at radius 2 is 2.11 bits per heavy atom. The summed E-state index contributed by atoms with van der Waals surface area (Å²) in [6.07, 6.45) is 5.81. The molecule has 0 unspecified atom stereocenters. The van der Waals surface area contributed by atoms with Gasteiger partial charge in [0.1, 0.15) is 5.82 Å². The van der Waals surface area contributed by atoms with E-state index in [1.54, 1.807) is 17.4 Å². The van der Waals surface area contributed by atoms with Gasteiger partial charge in [0.05, 0.1) is 10.6 Å². The minimum absolute atomic E-state index is 0.141. The lowest BCUT2D eigenvalue weighted by Gasteiger charge is -2.03. The van der Waals surface area contributed by atoms with Crippen molar-refractivity contribution >= 4 is 22.9 Å². The first-order valence-corrected chi connectivity index (χ1v) is 9.85. The van der Waals surface area contributed by atoms with Gasteiger partial charge in [-0.3, -0.25) is 14.3 Å². The molecular weight excluding hydrogens is 360 g/mol. The molecule has 0 saturated carbocycles. The van der Waals surface area contributed by atoms with Crippen molar-refractivity contribution < 1.29 is 4.79 Å². The molecule has 0 aliphatic heterocycles. The number of rotatable bonds is 8. The van der Waals surface area contributed by atoms with E-state index in [4.69, 9.17) is 0 Å². The second-order valence-corrected chi connectivity index (χ2v) is 7.20. The third kappa shape index (κ3) is 4.06. The molecule has 0 aliphatic rings. The Morgan fingerprint density at radius 1 is 1.15 bits per heavy atom. The molecule has 0 bridgehead atoms. The number of nitrogens with one attached hydrogen (secondary N) is 2. The van der Waals surface area contributed by atoms with Crippen molar-refractivity contribution in [3.05, 3.63) is 59.5 Å². The third-order valence-electron chi connectivity index (χ3n) is 4.34. The zero-order valence-electron chi connectivity index (χ0n) is 14.8. The number of unbranched alkanes of at least 4 members (excludes halogenated alkanes) is 2. The summed E-state index contributed by atoms with van der Waals surface area (Å²) in [5.41, 5.74) is 2.17. The molecule has 27 heavy (non-hydrogen) atoms. The summed E-state index contributed by atoms with van der Waals surface area (Å²) in [4.78, 5) is 13.3. The van der Waals surface area contributed by atoms with Crippen LogP contribution in [-0.2, 0) is 6.42 Å². The normalized spacial score (nSPS) is 11.1. The molecule has 2 N–H and O–H groups in total. The number of thiophene rings is 1. The largest absolute Gasteiger partial charge is 0.351 e. The van der Waals surface area contributed by atoms with Crippen LogP contribution in [0.15, 0.2) is 48.0 Å². The average Bonchev–Trinajstić information content (AvgIpc) is 3.44. The van der Waals surface area contributed by atoms with Crippen LogP contribution in [0.1, 0.15) is 35.6 Å². The smallest absolute Gasteiger partial charge is 0.271 e. The van der Waals surface area contributed by atoms with E-state index in [1.807, 2.05) is 46.3 Å². The molecule has 8 heteroatoms. The number of amides is 1. The maximum absolute atomic E-state index is 12.2. The van der Waals surface area contributed by atoms with Crippen LogP contribution in [0.2, 0.25) is 0 Å². The van der Waals surface area contributed by atoms with Crippen LogP contribution in [0.25, 0.3) is 16.2 Å². The predicted octanol–water partition coefficient (Wildman–Crippen LogP) is 3.32. The fourth-order valence-corrected chi connectivity index (χ4v) is 3.63. The van der Waals surface area contributed by atoms with E-state index in [1.165, 1.54) is 0 Å². The second kappa shape index (κ2) is 8.13. The summed E-state index contributed by atoms with van der Waals surface area (Å²) in [5.74, 6) is 0.838. The predicted molar refractivity (Wildman–Crippen MR) is 105 cm³/mol. The quantitative estimate of drug-likeness (QED) is 0.459. The van der Waals surface area contributed by atoms with Gasteiger partial charge in [0, 0.05) is 19.2 Å². The Bertz CT molecular complexity index is 1020. The molecule has 4 rings (SSSR count). The number of hydrogen-bond acceptors (Lipinski definition) is 5. The van der Waals surface area contributed by atoms with Gasteiger partial charge in [-0.2, -0.15) is 5.10 Å². The minimum atomic E-state index is -0.141. The maximum Gasteiger partial charge on any atom is 0.271 e. The summed E-state index contributed by atoms with van der Waals surface area (Å²) in [6, 6.07) is 11.7. The standard InChI is InChI=1S/C19H20N6OS/c26-19(15-13-14(21-22-15)16-7-6-12-27-16)20-10-4-1-2-8-17-23-24-18-9-3-5-11-25(17)18/h3,5-7,9,11-13H,1-2,4,8,10H2,(H,20,26)(H,21,22). The highest BCUT2D eigenvalue weighted by Crippen LogP contribution is 2.22. The highest BCUT2D eigenvalue weighted by Gasteiger charge is 2.11. The molecule has 138 valence electrons. The number of hydrogen-bond donors (Lipinski definition) is 2. The molecule has 4 heterocycles. The Balaban J connectivity index is 1.18. The number of fused-ring (bicyclic) bond motifs is 1. The van der Waals surface area contributed by atoms with E-state index in [0.717, 1.165) is 47.7 Å². The fraction of sp³-hybridized carbons (Fsp3) is 0.263. The van der Waals surface area contributed by atoms with Gasteiger partial charge in [-0.1, -0.05) is 18.6 Å². The van der Waals surface area contributed by atoms with E-state index in [-0.39, 0.29) is 5.91 Å². The average molecular weight is 380 g/mol. The van der Waals surface area contributed by atoms with Gasteiger partial charge in [0.2, 0.25) is 0 Å². The molecule has 0 saturated heterocycles. The van der Waals surface area contributed by atoms with Crippen molar-refractivity contribution in [2.45, 2.75) is 25.7 Å². The molecule has 0 aromatic carbocycles. The van der Waals surface area contributed by atoms with E-state index >= 15 is 0 Å². The number of carbonyl (C=O) groups is 1. The van der Waals surface area contributed by atoms with Gasteiger partial charge in [-0.25, -0.2) is 0 Å².